The number of amides is 2. The monoisotopic (exact) mass is 295 g/mol. The molecular weight excluding hydrogens is 278 g/mol. The van der Waals surface area contributed by atoms with Crippen LogP contribution in [0.25, 0.3) is 0 Å². The first-order valence-corrected chi connectivity index (χ1v) is 7.25. The van der Waals surface area contributed by atoms with E-state index in [-0.39, 0.29) is 18.0 Å². The Labute approximate surface area is 123 Å². The van der Waals surface area contributed by atoms with E-state index in [4.69, 9.17) is 11.6 Å². The molecule has 0 aliphatic carbocycles. The topological polar surface area (TPSA) is 61.4 Å². The van der Waals surface area contributed by atoms with Crippen molar-refractivity contribution in [3.8, 4) is 0 Å². The van der Waals surface area contributed by atoms with E-state index < -0.39 is 0 Å². The first kappa shape index (κ1) is 13.4. The molecule has 3 heterocycles. The summed E-state index contributed by atoms with van der Waals surface area (Å²) in [5.41, 5.74) is 0.986. The van der Waals surface area contributed by atoms with Gasteiger partial charge in [-0.2, -0.15) is 0 Å². The number of carbonyl (C=O) groups excluding carboxylic acids is 1. The summed E-state index contributed by atoms with van der Waals surface area (Å²) in [6.45, 7) is 7.15. The van der Waals surface area contributed by atoms with Crippen molar-refractivity contribution in [1.82, 2.24) is 20.2 Å². The maximum absolute atomic E-state index is 11.6. The third kappa shape index (κ3) is 2.18. The van der Waals surface area contributed by atoms with Gasteiger partial charge in [-0.15, -0.1) is 0 Å². The lowest BCUT2D eigenvalue weighted by molar-refractivity contribution is 0.197. The van der Waals surface area contributed by atoms with Gasteiger partial charge in [-0.25, -0.2) is 14.8 Å². The zero-order valence-corrected chi connectivity index (χ0v) is 12.4. The molecule has 7 heteroatoms. The van der Waals surface area contributed by atoms with Crippen LogP contribution < -0.4 is 10.2 Å². The summed E-state index contributed by atoms with van der Waals surface area (Å²) < 4.78 is 0. The highest BCUT2D eigenvalue weighted by Gasteiger charge is 2.36. The van der Waals surface area contributed by atoms with Gasteiger partial charge < -0.3 is 15.1 Å². The lowest BCUT2D eigenvalue weighted by atomic mass is 10.0. The van der Waals surface area contributed by atoms with Gasteiger partial charge in [0.1, 0.15) is 17.3 Å². The van der Waals surface area contributed by atoms with Gasteiger partial charge in [0.15, 0.2) is 0 Å². The molecular formula is C13H18ClN5O. The van der Waals surface area contributed by atoms with Gasteiger partial charge in [-0.1, -0.05) is 25.4 Å². The number of anilines is 1. The Kier molecular flexibility index (Phi) is 3.41. The molecule has 0 radical (unpaired) electrons. The molecule has 20 heavy (non-hydrogen) atoms. The van der Waals surface area contributed by atoms with E-state index >= 15 is 0 Å². The van der Waals surface area contributed by atoms with E-state index in [9.17, 15) is 4.79 Å². The number of rotatable bonds is 2. The maximum atomic E-state index is 11.6. The second-order valence-electron chi connectivity index (χ2n) is 5.54. The molecule has 1 atom stereocenters. The molecule has 1 N–H and O–H groups in total. The molecule has 2 aliphatic heterocycles. The smallest absolute Gasteiger partial charge is 0.317 e. The predicted molar refractivity (Wildman–Crippen MR) is 77.2 cm³/mol. The minimum absolute atomic E-state index is 0.0412. The van der Waals surface area contributed by atoms with Crippen molar-refractivity contribution in [2.45, 2.75) is 25.8 Å². The Morgan fingerprint density at radius 1 is 1.40 bits per heavy atom. The van der Waals surface area contributed by atoms with Crippen LogP contribution >= 0.6 is 11.6 Å². The van der Waals surface area contributed by atoms with Crippen molar-refractivity contribution in [2.24, 2.45) is 0 Å². The molecule has 108 valence electrons. The molecule has 1 unspecified atom stereocenters. The van der Waals surface area contributed by atoms with Gasteiger partial charge in [0.2, 0.25) is 0 Å². The van der Waals surface area contributed by atoms with Gasteiger partial charge in [0, 0.05) is 31.7 Å². The van der Waals surface area contributed by atoms with Gasteiger partial charge in [0.25, 0.3) is 0 Å². The fourth-order valence-electron chi connectivity index (χ4n) is 2.91. The summed E-state index contributed by atoms with van der Waals surface area (Å²) in [6.07, 6.45) is 1.51. The van der Waals surface area contributed by atoms with Crippen LogP contribution in [0.3, 0.4) is 0 Å². The number of fused-ring (bicyclic) bond motifs is 1. The molecule has 0 spiro atoms. The van der Waals surface area contributed by atoms with E-state index in [1.54, 1.807) is 0 Å². The number of urea groups is 1. The van der Waals surface area contributed by atoms with E-state index in [2.05, 4.69) is 34.0 Å². The predicted octanol–water partition coefficient (Wildman–Crippen LogP) is 1.47. The molecule has 2 fully saturated rings. The molecule has 3 rings (SSSR count). The van der Waals surface area contributed by atoms with Crippen LogP contribution in [0, 0.1) is 0 Å². The highest BCUT2D eigenvalue weighted by Crippen LogP contribution is 2.31. The van der Waals surface area contributed by atoms with Crippen LogP contribution in [-0.2, 0) is 0 Å². The second-order valence-corrected chi connectivity index (χ2v) is 5.89. The van der Waals surface area contributed by atoms with Crippen molar-refractivity contribution in [3.05, 3.63) is 17.0 Å². The van der Waals surface area contributed by atoms with Crippen LogP contribution in [0.4, 0.5) is 10.6 Å². The number of piperazine rings is 1. The maximum Gasteiger partial charge on any atom is 0.317 e. The number of hydrogen-bond donors (Lipinski definition) is 1. The standard InChI is InChI=1S/C13H18ClN5O/c1-8(2)10-11(14)16-7-17-12(10)18-3-4-19-9(6-18)5-15-13(19)20/h7-9H,3-6H2,1-2H3,(H,15,20). The summed E-state index contributed by atoms with van der Waals surface area (Å²) in [4.78, 5) is 24.2. The second kappa shape index (κ2) is 5.09. The highest BCUT2D eigenvalue weighted by molar-refractivity contribution is 6.30. The zero-order valence-electron chi connectivity index (χ0n) is 11.6. The normalized spacial score (nSPS) is 22.2. The Hall–Kier alpha value is -1.56. The first-order chi connectivity index (χ1) is 9.58. The number of hydrogen-bond acceptors (Lipinski definition) is 4. The molecule has 2 amide bonds. The fourth-order valence-corrected chi connectivity index (χ4v) is 3.26. The average molecular weight is 296 g/mol. The molecule has 2 saturated heterocycles. The molecule has 0 bridgehead atoms. The van der Waals surface area contributed by atoms with Crippen molar-refractivity contribution >= 4 is 23.4 Å². The van der Waals surface area contributed by atoms with Gasteiger partial charge >= 0.3 is 6.03 Å². The molecule has 1 aromatic heterocycles. The van der Waals surface area contributed by atoms with E-state index in [1.807, 2.05) is 4.90 Å². The SMILES string of the molecule is CC(C)c1c(Cl)ncnc1N1CCN2C(=O)NCC2C1. The number of nitrogens with one attached hydrogen (secondary N) is 1. The van der Waals surface area contributed by atoms with Crippen molar-refractivity contribution < 1.29 is 4.79 Å². The quantitative estimate of drug-likeness (QED) is 0.839. The lowest BCUT2D eigenvalue weighted by Crippen LogP contribution is -2.52. The number of nitrogens with zero attached hydrogens (tertiary/aromatic N) is 4. The van der Waals surface area contributed by atoms with E-state index in [1.165, 1.54) is 6.33 Å². The van der Waals surface area contributed by atoms with Crippen LogP contribution in [0.2, 0.25) is 5.15 Å². The minimum Gasteiger partial charge on any atom is -0.352 e. The summed E-state index contributed by atoms with van der Waals surface area (Å²) in [6, 6.07) is 0.254. The highest BCUT2D eigenvalue weighted by atomic mass is 35.5. The largest absolute Gasteiger partial charge is 0.352 e. The Morgan fingerprint density at radius 2 is 2.20 bits per heavy atom. The fraction of sp³-hybridized carbons (Fsp3) is 0.615. The lowest BCUT2D eigenvalue weighted by Gasteiger charge is -2.38. The van der Waals surface area contributed by atoms with Crippen LogP contribution in [-0.4, -0.2) is 53.1 Å². The third-order valence-electron chi connectivity index (χ3n) is 3.92. The number of aromatic nitrogens is 2. The minimum atomic E-state index is 0.0412. The van der Waals surface area contributed by atoms with E-state index in [0.29, 0.717) is 11.7 Å². The number of halogens is 1. The van der Waals surface area contributed by atoms with Gasteiger partial charge in [-0.05, 0) is 5.92 Å². The molecule has 1 aromatic rings. The Morgan fingerprint density at radius 3 is 2.95 bits per heavy atom. The Balaban J connectivity index is 1.88. The third-order valence-corrected chi connectivity index (χ3v) is 4.22. The summed E-state index contributed by atoms with van der Waals surface area (Å²) in [7, 11) is 0. The number of carbonyl (C=O) groups is 1. The van der Waals surface area contributed by atoms with Crippen molar-refractivity contribution in [2.75, 3.05) is 31.1 Å². The van der Waals surface area contributed by atoms with Crippen LogP contribution in [0.5, 0.6) is 0 Å². The molecule has 6 nitrogen and oxygen atoms in total. The summed E-state index contributed by atoms with van der Waals surface area (Å²) >= 11 is 6.22. The zero-order chi connectivity index (χ0) is 14.3. The molecule has 2 aliphatic rings. The van der Waals surface area contributed by atoms with Gasteiger partial charge in [-0.3, -0.25) is 0 Å². The van der Waals surface area contributed by atoms with Gasteiger partial charge in [0.05, 0.1) is 6.04 Å². The Bertz CT molecular complexity index is 535. The molecule has 0 aromatic carbocycles. The summed E-state index contributed by atoms with van der Waals surface area (Å²) in [5.74, 6) is 1.17. The average Bonchev–Trinajstić information content (AvgIpc) is 2.79. The van der Waals surface area contributed by atoms with Crippen molar-refractivity contribution in [1.29, 1.82) is 0 Å². The van der Waals surface area contributed by atoms with E-state index in [0.717, 1.165) is 31.0 Å². The first-order valence-electron chi connectivity index (χ1n) is 6.87. The van der Waals surface area contributed by atoms with Crippen molar-refractivity contribution in [3.63, 3.8) is 0 Å². The van der Waals surface area contributed by atoms with Crippen LogP contribution in [0.1, 0.15) is 25.3 Å². The molecule has 0 saturated carbocycles. The van der Waals surface area contributed by atoms with Crippen LogP contribution in [0.15, 0.2) is 6.33 Å². The summed E-state index contributed by atoms with van der Waals surface area (Å²) in [5, 5.41) is 3.41.